The van der Waals surface area contributed by atoms with Crippen LogP contribution >= 0.6 is 0 Å². The van der Waals surface area contributed by atoms with Crippen LogP contribution in [0.3, 0.4) is 0 Å². The number of fused-ring (bicyclic) bond motifs is 20. The SMILES string of the molecule is C1CCC2C3NC(NC4NC(NC5NC(NC6NC(N3)C3CCCCC63)C3CCCCC53)C3CCCCC43)C2C1.O.[InH2]. The van der Waals surface area contributed by atoms with E-state index in [2.05, 4.69) is 42.5 Å². The van der Waals surface area contributed by atoms with E-state index in [4.69, 9.17) is 0 Å². The monoisotopic (exact) mass is 687 g/mol. The normalized spacial score (nSPS) is 54.9. The number of hydrogen-bond donors (Lipinski definition) is 8. The molecule has 1 radical (unpaired) electrons. The molecule has 0 aromatic heterocycles. The molecule has 42 heavy (non-hydrogen) atoms. The zero-order valence-corrected chi connectivity index (χ0v) is 31.8. The van der Waals surface area contributed by atoms with Crippen LogP contribution in [0.2, 0.25) is 0 Å². The van der Waals surface area contributed by atoms with Gasteiger partial charge in [0.2, 0.25) is 0 Å². The van der Waals surface area contributed by atoms with E-state index >= 15 is 0 Å². The first-order valence-electron chi connectivity index (χ1n) is 17.9. The second kappa shape index (κ2) is 13.0. The van der Waals surface area contributed by atoms with Crippen molar-refractivity contribution < 1.29 is 5.48 Å². The molecule has 9 aliphatic rings. The summed E-state index contributed by atoms with van der Waals surface area (Å²) in [6, 6.07) is 0. The van der Waals surface area contributed by atoms with E-state index in [-0.39, 0.29) is 31.3 Å². The minimum absolute atomic E-state index is 0. The zero-order valence-electron chi connectivity index (χ0n) is 26.1. The van der Waals surface area contributed by atoms with E-state index < -0.39 is 0 Å². The molecule has 4 saturated carbocycles. The molecule has 5 heterocycles. The molecule has 9 rings (SSSR count). The van der Waals surface area contributed by atoms with E-state index in [1.54, 1.807) is 0 Å². The Hall–Kier alpha value is 0.510. The van der Waals surface area contributed by atoms with Gasteiger partial charge in [0.15, 0.2) is 0 Å². The van der Waals surface area contributed by atoms with Crippen molar-refractivity contribution in [2.75, 3.05) is 0 Å². The fourth-order valence-corrected chi connectivity index (χ4v) is 12.0. The summed E-state index contributed by atoms with van der Waals surface area (Å²) in [6.45, 7) is 0. The van der Waals surface area contributed by atoms with Crippen LogP contribution in [-0.4, -0.2) is 80.6 Å². The van der Waals surface area contributed by atoms with Gasteiger partial charge in [-0.1, -0.05) is 51.4 Å². The summed E-state index contributed by atoms with van der Waals surface area (Å²) in [5.74, 6) is 5.97. The number of rotatable bonds is 0. The molecule has 5 saturated heterocycles. The predicted octanol–water partition coefficient (Wildman–Crippen LogP) is 0.865. The van der Waals surface area contributed by atoms with Gasteiger partial charge in [0, 0.05) is 0 Å². The molecule has 8 atom stereocenters. The second-order valence-electron chi connectivity index (χ2n) is 15.6. The molecule has 10 heteroatoms. The zero-order chi connectivity index (χ0) is 26.2. The van der Waals surface area contributed by atoms with Crippen LogP contribution in [0.4, 0.5) is 0 Å². The van der Waals surface area contributed by atoms with Gasteiger partial charge >= 0.3 is 25.8 Å². The third-order valence-electron chi connectivity index (χ3n) is 13.8. The van der Waals surface area contributed by atoms with Gasteiger partial charge in [0.25, 0.3) is 0 Å². The van der Waals surface area contributed by atoms with Crippen molar-refractivity contribution in [3.05, 3.63) is 0 Å². The summed E-state index contributed by atoms with van der Waals surface area (Å²) in [5.41, 5.74) is 0. The van der Waals surface area contributed by atoms with Crippen LogP contribution in [0.5, 0.6) is 0 Å². The Balaban J connectivity index is 0.00000144. The quantitative estimate of drug-likeness (QED) is 0.189. The van der Waals surface area contributed by atoms with Gasteiger partial charge in [-0.2, -0.15) is 0 Å². The third kappa shape index (κ3) is 5.37. The van der Waals surface area contributed by atoms with Gasteiger partial charge in [0.1, 0.15) is 0 Å². The van der Waals surface area contributed by atoms with Crippen molar-refractivity contribution in [3.8, 4) is 0 Å². The van der Waals surface area contributed by atoms with Crippen LogP contribution in [0.15, 0.2) is 0 Å². The molecule has 8 bridgehead atoms. The van der Waals surface area contributed by atoms with E-state index in [0.717, 1.165) is 47.3 Å². The van der Waals surface area contributed by atoms with Gasteiger partial charge in [-0.15, -0.1) is 0 Å². The Morgan fingerprint density at radius 1 is 0.238 bits per heavy atom. The first-order valence-corrected chi connectivity index (χ1v) is 17.9. The molecule has 9 nitrogen and oxygen atoms in total. The summed E-state index contributed by atoms with van der Waals surface area (Å²) in [4.78, 5) is 0. The standard InChI is InChI=1S/C32H56N8.In.H2O.2H/c1-2-10-18-17(9-1)25-33-26(18)38-28-21-13-5-6-14-22(21)30(35-28)40-32-24-16-8-7-15-23(24)31(36-32)39-29-20-12-4-3-11-19(20)27(34-29)37-25;;;;/h17-40H,1-16H2;;1H2;;. The molecule has 0 amide bonds. The molecule has 9 fully saturated rings. The van der Waals surface area contributed by atoms with Crippen LogP contribution in [0.25, 0.3) is 0 Å². The molecule has 0 aromatic carbocycles. The third-order valence-corrected chi connectivity index (χ3v) is 13.8. The molecule has 0 aromatic rings. The summed E-state index contributed by atoms with van der Waals surface area (Å²) in [6.07, 6.45) is 25.6. The maximum absolute atomic E-state index is 4.26. The van der Waals surface area contributed by atoms with Crippen molar-refractivity contribution in [2.45, 2.75) is 152 Å². The van der Waals surface area contributed by atoms with Crippen molar-refractivity contribution in [2.24, 2.45) is 47.3 Å². The average molecular weight is 688 g/mol. The predicted molar refractivity (Wildman–Crippen MR) is 169 cm³/mol. The fourth-order valence-electron chi connectivity index (χ4n) is 12.0. The average Bonchev–Trinajstić information content (AvgIpc) is 3.73. The molecule has 237 valence electrons. The molecule has 4 aliphatic carbocycles. The van der Waals surface area contributed by atoms with E-state index in [0.29, 0.717) is 49.3 Å². The number of hydrogen-bond acceptors (Lipinski definition) is 8. The van der Waals surface area contributed by atoms with Crippen molar-refractivity contribution in [3.63, 3.8) is 0 Å². The molecule has 10 N–H and O–H groups in total. The van der Waals surface area contributed by atoms with Crippen molar-refractivity contribution >= 4 is 25.8 Å². The van der Waals surface area contributed by atoms with Crippen LogP contribution in [-0.2, 0) is 0 Å². The second-order valence-corrected chi connectivity index (χ2v) is 15.6. The van der Waals surface area contributed by atoms with E-state index in [9.17, 15) is 0 Å². The molecular weight excluding hydrogens is 627 g/mol. The van der Waals surface area contributed by atoms with Gasteiger partial charge in [0.05, 0.1) is 49.3 Å². The minimum atomic E-state index is 0. The molecule has 8 unspecified atom stereocenters. The molecule has 0 spiro atoms. The summed E-state index contributed by atoms with van der Waals surface area (Å²) >= 11 is 0. The topological polar surface area (TPSA) is 128 Å². The number of nitrogens with one attached hydrogen (secondary N) is 8. The fraction of sp³-hybridized carbons (Fsp3) is 1.00. The Morgan fingerprint density at radius 2 is 0.357 bits per heavy atom. The van der Waals surface area contributed by atoms with Crippen LogP contribution < -0.4 is 42.5 Å². The summed E-state index contributed by atoms with van der Waals surface area (Å²) in [5, 5.41) is 33.8. The first-order chi connectivity index (χ1) is 19.8. The Labute approximate surface area is 272 Å². The Bertz CT molecular complexity index is 723. The molecular formula is C32H60InN8O. The first kappa shape index (κ1) is 31.1. The molecule has 5 aliphatic heterocycles. The van der Waals surface area contributed by atoms with Gasteiger partial charge < -0.3 is 5.48 Å². The van der Waals surface area contributed by atoms with Crippen molar-refractivity contribution in [1.82, 2.24) is 42.5 Å². The van der Waals surface area contributed by atoms with Crippen molar-refractivity contribution in [1.29, 1.82) is 0 Å². The van der Waals surface area contributed by atoms with Crippen LogP contribution in [0.1, 0.15) is 103 Å². The van der Waals surface area contributed by atoms with Gasteiger partial charge in [-0.25, -0.2) is 0 Å². The Kier molecular flexibility index (Phi) is 9.60. The summed E-state index contributed by atoms with van der Waals surface area (Å²) in [7, 11) is 0. The van der Waals surface area contributed by atoms with E-state index in [1.165, 1.54) is 103 Å². The van der Waals surface area contributed by atoms with Gasteiger partial charge in [-0.3, -0.25) is 42.5 Å². The summed E-state index contributed by atoms with van der Waals surface area (Å²) < 4.78 is 0. The maximum atomic E-state index is 4.26. The van der Waals surface area contributed by atoms with Gasteiger partial charge in [-0.05, 0) is 98.7 Å². The van der Waals surface area contributed by atoms with E-state index in [1.807, 2.05) is 0 Å². The van der Waals surface area contributed by atoms with Crippen LogP contribution in [0, 0.1) is 47.3 Å². The Morgan fingerprint density at radius 3 is 0.476 bits per heavy atom.